The van der Waals surface area contributed by atoms with Gasteiger partial charge in [-0.2, -0.15) is 0 Å². The molecule has 2 amide bonds. The lowest BCUT2D eigenvalue weighted by Gasteiger charge is -2.35. The monoisotopic (exact) mass is 275 g/mol. The molecule has 3 N–H and O–H groups in total. The molecule has 0 aliphatic carbocycles. The van der Waals surface area contributed by atoms with Crippen molar-refractivity contribution in [2.75, 3.05) is 31.6 Å². The van der Waals surface area contributed by atoms with Gasteiger partial charge in [0.05, 0.1) is 19.1 Å². The van der Waals surface area contributed by atoms with Crippen LogP contribution in [0.4, 0.5) is 5.69 Å². The van der Waals surface area contributed by atoms with Crippen molar-refractivity contribution in [2.45, 2.75) is 12.0 Å². The molecule has 1 fully saturated rings. The number of hydrogen-bond acceptors (Lipinski definition) is 4. The third-order valence-corrected chi connectivity index (χ3v) is 3.87. The number of ether oxygens (including phenoxy) is 1. The Morgan fingerprint density at radius 3 is 2.95 bits per heavy atom. The van der Waals surface area contributed by atoms with Crippen molar-refractivity contribution in [1.82, 2.24) is 4.90 Å². The maximum absolute atomic E-state index is 12.7. The number of benzene rings is 1. The zero-order chi connectivity index (χ0) is 14.1. The number of nitrogens with one attached hydrogen (secondary N) is 1. The zero-order valence-corrected chi connectivity index (χ0v) is 11.0. The Hall–Kier alpha value is -2.08. The van der Waals surface area contributed by atoms with E-state index in [0.717, 1.165) is 11.3 Å². The molecule has 1 aromatic rings. The molecule has 2 aliphatic rings. The Kier molecular flexibility index (Phi) is 3.31. The molecule has 2 atom stereocenters. The van der Waals surface area contributed by atoms with Crippen LogP contribution >= 0.6 is 0 Å². The topological polar surface area (TPSA) is 84.7 Å². The second-order valence-electron chi connectivity index (χ2n) is 5.05. The Bertz CT molecular complexity index is 546. The SMILES string of the molecule is NC(=O)C1COCCN1C(=O)C1CNc2ccccc21. The second-order valence-corrected chi connectivity index (χ2v) is 5.05. The van der Waals surface area contributed by atoms with Gasteiger partial charge in [0.2, 0.25) is 11.8 Å². The van der Waals surface area contributed by atoms with Crippen LogP contribution in [0.5, 0.6) is 0 Å². The lowest BCUT2D eigenvalue weighted by molar-refractivity contribution is -0.148. The van der Waals surface area contributed by atoms with Crippen LogP contribution in [0.1, 0.15) is 11.5 Å². The number of fused-ring (bicyclic) bond motifs is 1. The minimum atomic E-state index is -0.663. The standard InChI is InChI=1S/C14H17N3O3/c15-13(18)12-8-20-6-5-17(12)14(19)10-7-16-11-4-2-1-3-9(10)11/h1-4,10,12,16H,5-8H2,(H2,15,18). The summed E-state index contributed by atoms with van der Waals surface area (Å²) in [4.78, 5) is 25.7. The molecular formula is C14H17N3O3. The van der Waals surface area contributed by atoms with Crippen molar-refractivity contribution in [3.63, 3.8) is 0 Å². The fourth-order valence-electron chi connectivity index (χ4n) is 2.81. The highest BCUT2D eigenvalue weighted by molar-refractivity contribution is 5.92. The van der Waals surface area contributed by atoms with Gasteiger partial charge in [-0.1, -0.05) is 18.2 Å². The highest BCUT2D eigenvalue weighted by Gasteiger charge is 2.37. The average molecular weight is 275 g/mol. The van der Waals surface area contributed by atoms with Crippen LogP contribution in [0.25, 0.3) is 0 Å². The molecule has 2 aliphatic heterocycles. The Morgan fingerprint density at radius 1 is 1.35 bits per heavy atom. The number of carbonyl (C=O) groups is 2. The molecule has 6 heteroatoms. The molecule has 0 radical (unpaired) electrons. The van der Waals surface area contributed by atoms with Crippen LogP contribution in [0.3, 0.4) is 0 Å². The molecular weight excluding hydrogens is 258 g/mol. The number of para-hydroxylation sites is 1. The van der Waals surface area contributed by atoms with Gasteiger partial charge in [-0.15, -0.1) is 0 Å². The van der Waals surface area contributed by atoms with Gasteiger partial charge in [-0.05, 0) is 11.6 Å². The summed E-state index contributed by atoms with van der Waals surface area (Å²) in [6, 6.07) is 7.07. The molecule has 1 aromatic carbocycles. The van der Waals surface area contributed by atoms with E-state index >= 15 is 0 Å². The van der Waals surface area contributed by atoms with Gasteiger partial charge in [0, 0.05) is 18.8 Å². The van der Waals surface area contributed by atoms with Crippen molar-refractivity contribution in [3.05, 3.63) is 29.8 Å². The number of nitrogens with two attached hydrogens (primary N) is 1. The first-order valence-electron chi connectivity index (χ1n) is 6.69. The van der Waals surface area contributed by atoms with E-state index in [2.05, 4.69) is 5.32 Å². The van der Waals surface area contributed by atoms with Crippen molar-refractivity contribution in [3.8, 4) is 0 Å². The summed E-state index contributed by atoms with van der Waals surface area (Å²) in [6.45, 7) is 1.59. The Labute approximate surface area is 116 Å². The summed E-state index contributed by atoms with van der Waals surface area (Å²) in [6.07, 6.45) is 0. The largest absolute Gasteiger partial charge is 0.384 e. The molecule has 3 rings (SSSR count). The number of primary amides is 1. The van der Waals surface area contributed by atoms with Gasteiger partial charge < -0.3 is 20.7 Å². The van der Waals surface area contributed by atoms with Gasteiger partial charge in [-0.25, -0.2) is 0 Å². The van der Waals surface area contributed by atoms with E-state index in [1.165, 1.54) is 0 Å². The lowest BCUT2D eigenvalue weighted by Crippen LogP contribution is -2.56. The number of rotatable bonds is 2. The first kappa shape index (κ1) is 12.9. The number of carbonyl (C=O) groups excluding carboxylic acids is 2. The minimum Gasteiger partial charge on any atom is -0.384 e. The Balaban J connectivity index is 1.84. The van der Waals surface area contributed by atoms with Crippen LogP contribution in [-0.2, 0) is 14.3 Å². The smallest absolute Gasteiger partial charge is 0.242 e. The third-order valence-electron chi connectivity index (χ3n) is 3.87. The predicted molar refractivity (Wildman–Crippen MR) is 73.2 cm³/mol. The fourth-order valence-corrected chi connectivity index (χ4v) is 2.81. The predicted octanol–water partition coefficient (Wildman–Crippen LogP) is -0.0916. The molecule has 6 nitrogen and oxygen atoms in total. The number of anilines is 1. The summed E-state index contributed by atoms with van der Waals surface area (Å²) < 4.78 is 5.25. The van der Waals surface area contributed by atoms with Crippen molar-refractivity contribution < 1.29 is 14.3 Å². The summed E-state index contributed by atoms with van der Waals surface area (Å²) in [5.74, 6) is -0.835. The molecule has 0 saturated carbocycles. The third kappa shape index (κ3) is 2.12. The highest BCUT2D eigenvalue weighted by Crippen LogP contribution is 2.33. The van der Waals surface area contributed by atoms with Gasteiger partial charge in [0.25, 0.3) is 0 Å². The van der Waals surface area contributed by atoms with Gasteiger partial charge in [-0.3, -0.25) is 9.59 Å². The highest BCUT2D eigenvalue weighted by atomic mass is 16.5. The van der Waals surface area contributed by atoms with Crippen molar-refractivity contribution in [2.24, 2.45) is 5.73 Å². The summed E-state index contributed by atoms with van der Waals surface area (Å²) in [5.41, 5.74) is 7.32. The van der Waals surface area contributed by atoms with E-state index in [9.17, 15) is 9.59 Å². The van der Waals surface area contributed by atoms with Crippen molar-refractivity contribution >= 4 is 17.5 Å². The van der Waals surface area contributed by atoms with Crippen LogP contribution in [0.15, 0.2) is 24.3 Å². The first-order valence-corrected chi connectivity index (χ1v) is 6.69. The number of morpholine rings is 1. The number of nitrogens with zero attached hydrogens (tertiary/aromatic N) is 1. The first-order chi connectivity index (χ1) is 9.68. The van der Waals surface area contributed by atoms with E-state index < -0.39 is 11.9 Å². The summed E-state index contributed by atoms with van der Waals surface area (Å²) >= 11 is 0. The van der Waals surface area contributed by atoms with Gasteiger partial charge in [0.15, 0.2) is 0 Å². The van der Waals surface area contributed by atoms with E-state index in [4.69, 9.17) is 10.5 Å². The average Bonchev–Trinajstić information content (AvgIpc) is 2.90. The second kappa shape index (κ2) is 5.13. The van der Waals surface area contributed by atoms with Crippen molar-refractivity contribution in [1.29, 1.82) is 0 Å². The van der Waals surface area contributed by atoms with Gasteiger partial charge in [0.1, 0.15) is 6.04 Å². The number of hydrogen-bond donors (Lipinski definition) is 2. The molecule has 2 heterocycles. The summed E-state index contributed by atoms with van der Waals surface area (Å²) in [5, 5.41) is 3.22. The van der Waals surface area contributed by atoms with E-state index in [1.54, 1.807) is 4.90 Å². The maximum atomic E-state index is 12.7. The van der Waals surface area contributed by atoms with Gasteiger partial charge >= 0.3 is 0 Å². The van der Waals surface area contributed by atoms with Crippen LogP contribution in [-0.4, -0.2) is 49.1 Å². The van der Waals surface area contributed by atoms with E-state index in [0.29, 0.717) is 19.7 Å². The van der Waals surface area contributed by atoms with E-state index in [-0.39, 0.29) is 18.4 Å². The molecule has 106 valence electrons. The summed E-state index contributed by atoms with van der Waals surface area (Å²) in [7, 11) is 0. The van der Waals surface area contributed by atoms with Crippen LogP contribution in [0.2, 0.25) is 0 Å². The lowest BCUT2D eigenvalue weighted by atomic mass is 9.98. The Morgan fingerprint density at radius 2 is 2.15 bits per heavy atom. The number of amides is 2. The maximum Gasteiger partial charge on any atom is 0.242 e. The fraction of sp³-hybridized carbons (Fsp3) is 0.429. The molecule has 0 spiro atoms. The van der Waals surface area contributed by atoms with Crippen LogP contribution in [0, 0.1) is 0 Å². The normalized spacial score (nSPS) is 24.9. The molecule has 2 unspecified atom stereocenters. The molecule has 20 heavy (non-hydrogen) atoms. The van der Waals surface area contributed by atoms with E-state index in [1.807, 2.05) is 24.3 Å². The quantitative estimate of drug-likeness (QED) is 0.790. The molecule has 1 saturated heterocycles. The molecule has 0 bridgehead atoms. The zero-order valence-electron chi connectivity index (χ0n) is 11.0. The minimum absolute atomic E-state index is 0.0606. The molecule has 0 aromatic heterocycles. The van der Waals surface area contributed by atoms with Crippen LogP contribution < -0.4 is 11.1 Å².